The molecule has 14 heteroatoms. The summed E-state index contributed by atoms with van der Waals surface area (Å²) in [5.74, 6) is -5.77. The van der Waals surface area contributed by atoms with Gasteiger partial charge in [0.25, 0.3) is 17.7 Å². The highest BCUT2D eigenvalue weighted by atomic mass is 35.5. The van der Waals surface area contributed by atoms with E-state index >= 15 is 8.78 Å². The Balaban J connectivity index is 1.21. The Bertz CT molecular complexity index is 1900. The number of imidazole rings is 1. The molecule has 2 atom stereocenters. The topological polar surface area (TPSA) is 126 Å². The molecule has 2 aromatic heterocycles. The van der Waals surface area contributed by atoms with Crippen LogP contribution in [-0.2, 0) is 13.6 Å². The summed E-state index contributed by atoms with van der Waals surface area (Å²) in [6.07, 6.45) is 1.68. The van der Waals surface area contributed by atoms with Crippen LogP contribution in [0.25, 0.3) is 11.0 Å². The molecule has 2 amide bonds. The molecule has 2 aliphatic heterocycles. The molecule has 6 rings (SSSR count). The molecule has 11 nitrogen and oxygen atoms in total. The van der Waals surface area contributed by atoms with Gasteiger partial charge in [-0.1, -0.05) is 30.7 Å². The maximum atomic E-state index is 15.5. The number of aromatic nitrogens is 4. The number of rotatable bonds is 9. The van der Waals surface area contributed by atoms with Crippen molar-refractivity contribution in [2.75, 3.05) is 29.9 Å². The lowest BCUT2D eigenvalue weighted by Gasteiger charge is -2.42. The van der Waals surface area contributed by atoms with Gasteiger partial charge in [0.1, 0.15) is 5.02 Å². The van der Waals surface area contributed by atoms with Crippen LogP contribution < -0.4 is 15.9 Å². The maximum absolute atomic E-state index is 15.5. The number of nitrogens with zero attached hydrogens (tertiary/aromatic N) is 6. The molecule has 4 heterocycles. The standard InChI is InChI=1S/C33H36ClF2N7O4/c1-19-17-41(18-20(33(19,35)36)11-13-43-28(44)22-7-5-6-8-23(22)29(43)45)30-37-16-24(34)27(39-30)38-21-9-10-25-26(15-21)42(31(46)40(25)4)14-12-32(2,3)47/h5-10,15-16,19-20,47H,11-14,17-18H2,1-4H3,(H,37,38,39). The summed E-state index contributed by atoms with van der Waals surface area (Å²) in [6.45, 7) is 4.91. The third-order valence-electron chi connectivity index (χ3n) is 9.09. The first-order valence-corrected chi connectivity index (χ1v) is 15.8. The van der Waals surface area contributed by atoms with Crippen LogP contribution in [0.5, 0.6) is 0 Å². The lowest BCUT2D eigenvalue weighted by atomic mass is 9.84. The minimum Gasteiger partial charge on any atom is -0.390 e. The van der Waals surface area contributed by atoms with Gasteiger partial charge in [-0.15, -0.1) is 0 Å². The van der Waals surface area contributed by atoms with Crippen molar-refractivity contribution < 1.29 is 23.5 Å². The molecule has 0 radical (unpaired) electrons. The number of hydrogen-bond acceptors (Lipinski definition) is 8. The number of benzene rings is 2. The lowest BCUT2D eigenvalue weighted by Crippen LogP contribution is -2.54. The van der Waals surface area contributed by atoms with Crippen LogP contribution in [0, 0.1) is 11.8 Å². The minimum atomic E-state index is -3.05. The molecule has 0 bridgehead atoms. The summed E-state index contributed by atoms with van der Waals surface area (Å²) in [5.41, 5.74) is 1.35. The van der Waals surface area contributed by atoms with E-state index in [1.165, 1.54) is 17.7 Å². The lowest BCUT2D eigenvalue weighted by molar-refractivity contribution is -0.114. The first-order chi connectivity index (χ1) is 22.2. The van der Waals surface area contributed by atoms with Crippen molar-refractivity contribution in [3.63, 3.8) is 0 Å². The Labute approximate surface area is 274 Å². The van der Waals surface area contributed by atoms with Crippen molar-refractivity contribution in [1.82, 2.24) is 24.0 Å². The first-order valence-electron chi connectivity index (χ1n) is 15.4. The van der Waals surface area contributed by atoms with Gasteiger partial charge >= 0.3 is 5.69 Å². The van der Waals surface area contributed by atoms with E-state index < -0.39 is 35.2 Å². The number of halogens is 3. The van der Waals surface area contributed by atoms with Gasteiger partial charge in [0.2, 0.25) is 5.95 Å². The highest BCUT2D eigenvalue weighted by Crippen LogP contribution is 2.41. The van der Waals surface area contributed by atoms with Gasteiger partial charge < -0.3 is 15.3 Å². The van der Waals surface area contributed by atoms with Crippen molar-refractivity contribution in [1.29, 1.82) is 0 Å². The van der Waals surface area contributed by atoms with E-state index in [0.717, 1.165) is 4.90 Å². The second-order valence-electron chi connectivity index (χ2n) is 13.0. The molecule has 1 fully saturated rings. The predicted molar refractivity (Wildman–Crippen MR) is 175 cm³/mol. The SMILES string of the molecule is CC1CN(c2ncc(Cl)c(Nc3ccc4c(c3)n(CCC(C)(C)O)c(=O)n4C)n2)CC(CCN2C(=O)c3ccccc3C2=O)C1(F)F. The number of alkyl halides is 2. The van der Waals surface area contributed by atoms with Crippen LogP contribution in [0.15, 0.2) is 53.5 Å². The van der Waals surface area contributed by atoms with Gasteiger partial charge in [0.15, 0.2) is 5.82 Å². The fourth-order valence-electron chi connectivity index (χ4n) is 6.32. The monoisotopic (exact) mass is 667 g/mol. The number of imide groups is 1. The average Bonchev–Trinajstić information content (AvgIpc) is 3.40. The van der Waals surface area contributed by atoms with E-state index in [2.05, 4.69) is 15.3 Å². The Hall–Kier alpha value is -4.36. The Morgan fingerprint density at radius 3 is 2.38 bits per heavy atom. The quantitative estimate of drug-likeness (QED) is 0.237. The smallest absolute Gasteiger partial charge is 0.328 e. The van der Waals surface area contributed by atoms with Gasteiger partial charge in [-0.05, 0) is 57.0 Å². The van der Waals surface area contributed by atoms with E-state index in [-0.39, 0.29) is 59.7 Å². The van der Waals surface area contributed by atoms with Gasteiger partial charge in [0.05, 0.1) is 34.0 Å². The second kappa shape index (κ2) is 12.0. The number of carbonyl (C=O) groups is 2. The van der Waals surface area contributed by atoms with Crippen LogP contribution in [-0.4, -0.2) is 72.1 Å². The number of aliphatic hydroxyl groups is 1. The molecular formula is C33H36ClF2N7O4. The molecule has 1 saturated heterocycles. The number of fused-ring (bicyclic) bond motifs is 2. The molecule has 0 aliphatic carbocycles. The van der Waals surface area contributed by atoms with Crippen molar-refractivity contribution in [3.05, 3.63) is 75.3 Å². The van der Waals surface area contributed by atoms with E-state index in [0.29, 0.717) is 29.7 Å². The number of amides is 2. The van der Waals surface area contributed by atoms with Gasteiger partial charge in [-0.3, -0.25) is 23.6 Å². The fraction of sp³-hybridized carbons (Fsp3) is 0.424. The van der Waals surface area contributed by atoms with Crippen LogP contribution in [0.3, 0.4) is 0 Å². The fourth-order valence-corrected chi connectivity index (χ4v) is 6.45. The summed E-state index contributed by atoms with van der Waals surface area (Å²) in [6, 6.07) is 11.8. The van der Waals surface area contributed by atoms with E-state index in [1.807, 2.05) is 0 Å². The third-order valence-corrected chi connectivity index (χ3v) is 9.36. The Kier molecular flexibility index (Phi) is 8.33. The summed E-state index contributed by atoms with van der Waals surface area (Å²) >= 11 is 6.47. The third kappa shape index (κ3) is 6.09. The number of nitrogens with one attached hydrogen (secondary N) is 1. The molecule has 4 aromatic rings. The van der Waals surface area contributed by atoms with E-state index in [9.17, 15) is 19.5 Å². The number of aryl methyl sites for hydroxylation is 2. The largest absolute Gasteiger partial charge is 0.390 e. The van der Waals surface area contributed by atoms with Crippen molar-refractivity contribution >= 4 is 51.9 Å². The first kappa shape index (κ1) is 32.6. The van der Waals surface area contributed by atoms with Crippen LogP contribution in [0.1, 0.15) is 54.3 Å². The van der Waals surface area contributed by atoms with Gasteiger partial charge in [0, 0.05) is 50.7 Å². The van der Waals surface area contributed by atoms with Gasteiger partial charge in [-0.2, -0.15) is 4.98 Å². The minimum absolute atomic E-state index is 0.0129. The number of carbonyl (C=O) groups excluding carboxylic acids is 2. The number of hydrogen-bond donors (Lipinski definition) is 2. The molecule has 2 aliphatic rings. The molecule has 47 heavy (non-hydrogen) atoms. The highest BCUT2D eigenvalue weighted by Gasteiger charge is 2.50. The average molecular weight is 668 g/mol. The van der Waals surface area contributed by atoms with Crippen molar-refractivity contribution in [2.24, 2.45) is 18.9 Å². The zero-order valence-corrected chi connectivity index (χ0v) is 27.3. The predicted octanol–water partition coefficient (Wildman–Crippen LogP) is 5.08. The van der Waals surface area contributed by atoms with E-state index in [1.54, 1.807) is 72.8 Å². The van der Waals surface area contributed by atoms with Crippen molar-refractivity contribution in [2.45, 2.75) is 51.7 Å². The van der Waals surface area contributed by atoms with Crippen LogP contribution in [0.4, 0.5) is 26.2 Å². The summed E-state index contributed by atoms with van der Waals surface area (Å²) in [4.78, 5) is 50.2. The molecule has 0 saturated carbocycles. The molecule has 0 spiro atoms. The van der Waals surface area contributed by atoms with Crippen LogP contribution >= 0.6 is 11.6 Å². The van der Waals surface area contributed by atoms with Gasteiger partial charge in [-0.25, -0.2) is 18.6 Å². The Morgan fingerprint density at radius 2 is 1.72 bits per heavy atom. The number of anilines is 3. The molecule has 2 aromatic carbocycles. The molecular weight excluding hydrogens is 632 g/mol. The zero-order chi connectivity index (χ0) is 33.8. The normalized spacial score (nSPS) is 19.5. The maximum Gasteiger partial charge on any atom is 0.328 e. The number of piperidine rings is 1. The Morgan fingerprint density at radius 1 is 1.04 bits per heavy atom. The highest BCUT2D eigenvalue weighted by molar-refractivity contribution is 6.33. The molecule has 2 unspecified atom stereocenters. The molecule has 248 valence electrons. The second-order valence-corrected chi connectivity index (χ2v) is 13.4. The summed E-state index contributed by atoms with van der Waals surface area (Å²) < 4.78 is 34.1. The van der Waals surface area contributed by atoms with Crippen molar-refractivity contribution in [3.8, 4) is 0 Å². The van der Waals surface area contributed by atoms with Crippen LogP contribution in [0.2, 0.25) is 5.02 Å². The zero-order valence-electron chi connectivity index (χ0n) is 26.5. The summed E-state index contributed by atoms with van der Waals surface area (Å²) in [5, 5.41) is 13.6. The van der Waals surface area contributed by atoms with E-state index in [4.69, 9.17) is 11.6 Å². The molecule has 2 N–H and O–H groups in total. The summed E-state index contributed by atoms with van der Waals surface area (Å²) in [7, 11) is 1.68.